The summed E-state index contributed by atoms with van der Waals surface area (Å²) in [4.78, 5) is 13.3. The van der Waals surface area contributed by atoms with E-state index < -0.39 is 0 Å². The molecule has 0 N–H and O–H groups in total. The molecule has 0 amide bonds. The first-order valence-corrected chi connectivity index (χ1v) is 6.19. The maximum Gasteiger partial charge on any atom is 0.160 e. The number of likely N-dealkylation sites (N-methyl/N-ethyl adjacent to an activating group) is 1. The molecule has 0 aliphatic carbocycles. The van der Waals surface area contributed by atoms with Crippen LogP contribution in [-0.2, 0) is 11.3 Å². The average Bonchev–Trinajstić information content (AvgIpc) is 2.28. The van der Waals surface area contributed by atoms with E-state index in [1.807, 2.05) is 31.9 Å². The number of aryl methyl sites for hydroxylation is 2. The maximum atomic E-state index is 11.4. The third-order valence-electron chi connectivity index (χ3n) is 2.86. The molecule has 1 aromatic rings. The van der Waals surface area contributed by atoms with Gasteiger partial charge in [0.15, 0.2) is 5.78 Å². The van der Waals surface area contributed by atoms with Gasteiger partial charge in [0.1, 0.15) is 5.75 Å². The van der Waals surface area contributed by atoms with Crippen LogP contribution in [-0.4, -0.2) is 31.4 Å². The Morgan fingerprint density at radius 2 is 2.11 bits per heavy atom. The molecular formula is C15H20N2O2. The highest BCUT2D eigenvalue weighted by molar-refractivity contribution is 5.82. The normalized spacial score (nSPS) is 10.3. The van der Waals surface area contributed by atoms with Crippen LogP contribution in [0.15, 0.2) is 12.1 Å². The van der Waals surface area contributed by atoms with Gasteiger partial charge >= 0.3 is 0 Å². The third kappa shape index (κ3) is 4.38. The van der Waals surface area contributed by atoms with Crippen LogP contribution < -0.4 is 4.74 Å². The molecule has 0 fully saturated rings. The first-order valence-electron chi connectivity index (χ1n) is 6.19. The lowest BCUT2D eigenvalue weighted by Crippen LogP contribution is -2.25. The van der Waals surface area contributed by atoms with Gasteiger partial charge in [0, 0.05) is 12.1 Å². The fraction of sp³-hybridized carbons (Fsp3) is 0.467. The molecule has 1 rings (SSSR count). The molecule has 102 valence electrons. The van der Waals surface area contributed by atoms with Crippen molar-refractivity contribution in [3.05, 3.63) is 28.8 Å². The van der Waals surface area contributed by atoms with Gasteiger partial charge in [-0.1, -0.05) is 17.7 Å². The molecule has 19 heavy (non-hydrogen) atoms. The summed E-state index contributed by atoms with van der Waals surface area (Å²) in [5.41, 5.74) is 3.33. The van der Waals surface area contributed by atoms with Crippen molar-refractivity contribution in [3.8, 4) is 11.8 Å². The van der Waals surface area contributed by atoms with Crippen molar-refractivity contribution in [1.82, 2.24) is 4.90 Å². The van der Waals surface area contributed by atoms with E-state index in [0.29, 0.717) is 6.54 Å². The predicted octanol–water partition coefficient (Wildman–Crippen LogP) is 2.23. The molecule has 0 heterocycles. The van der Waals surface area contributed by atoms with Crippen LogP contribution in [0.4, 0.5) is 0 Å². The summed E-state index contributed by atoms with van der Waals surface area (Å²) >= 11 is 0. The van der Waals surface area contributed by atoms with Crippen molar-refractivity contribution in [1.29, 1.82) is 5.26 Å². The molecular weight excluding hydrogens is 240 g/mol. The summed E-state index contributed by atoms with van der Waals surface area (Å²) in [7, 11) is 3.52. The Hall–Kier alpha value is -1.86. The Morgan fingerprint density at radius 3 is 2.68 bits per heavy atom. The zero-order valence-corrected chi connectivity index (χ0v) is 12.0. The van der Waals surface area contributed by atoms with E-state index in [0.717, 1.165) is 16.9 Å². The van der Waals surface area contributed by atoms with Gasteiger partial charge < -0.3 is 4.74 Å². The minimum Gasteiger partial charge on any atom is -0.496 e. The van der Waals surface area contributed by atoms with Crippen LogP contribution in [0.1, 0.15) is 23.1 Å². The van der Waals surface area contributed by atoms with E-state index in [1.54, 1.807) is 7.11 Å². The molecule has 0 aliphatic heterocycles. The van der Waals surface area contributed by atoms with Crippen molar-refractivity contribution >= 4 is 5.78 Å². The summed E-state index contributed by atoms with van der Waals surface area (Å²) in [5.74, 6) is 0.804. The highest BCUT2D eigenvalue weighted by atomic mass is 16.5. The van der Waals surface area contributed by atoms with Crippen LogP contribution in [0, 0.1) is 25.2 Å². The van der Waals surface area contributed by atoms with E-state index in [2.05, 4.69) is 12.1 Å². The van der Waals surface area contributed by atoms with Gasteiger partial charge in [-0.3, -0.25) is 9.69 Å². The highest BCUT2D eigenvalue weighted by Crippen LogP contribution is 2.26. The molecule has 0 aliphatic rings. The molecule has 0 saturated carbocycles. The Bertz CT molecular complexity index is 504. The van der Waals surface area contributed by atoms with Gasteiger partial charge in [0.2, 0.25) is 0 Å². The van der Waals surface area contributed by atoms with E-state index in [1.165, 1.54) is 5.56 Å². The highest BCUT2D eigenvalue weighted by Gasteiger charge is 2.12. The SMILES string of the molecule is COc1c(C)cc(C)cc1CN(C)CC(=O)CC#N. The lowest BCUT2D eigenvalue weighted by atomic mass is 10.0. The molecule has 4 heteroatoms. The Balaban J connectivity index is 2.82. The number of hydrogen-bond acceptors (Lipinski definition) is 4. The van der Waals surface area contributed by atoms with Crippen molar-refractivity contribution in [2.24, 2.45) is 0 Å². The fourth-order valence-corrected chi connectivity index (χ4v) is 2.24. The number of carbonyl (C=O) groups is 1. The minimum atomic E-state index is -0.0617. The van der Waals surface area contributed by atoms with Gasteiger partial charge in [-0.05, 0) is 26.5 Å². The second-order valence-corrected chi connectivity index (χ2v) is 4.82. The summed E-state index contributed by atoms with van der Waals surface area (Å²) in [5, 5.41) is 8.48. The molecule has 0 atom stereocenters. The minimum absolute atomic E-state index is 0.0334. The molecule has 0 saturated heterocycles. The largest absolute Gasteiger partial charge is 0.496 e. The molecule has 0 aromatic heterocycles. The summed E-state index contributed by atoms with van der Waals surface area (Å²) < 4.78 is 5.42. The van der Waals surface area contributed by atoms with Gasteiger partial charge in [-0.2, -0.15) is 5.26 Å². The number of nitrogens with zero attached hydrogens (tertiary/aromatic N) is 2. The number of rotatable bonds is 6. The first kappa shape index (κ1) is 15.2. The topological polar surface area (TPSA) is 53.3 Å². The number of ether oxygens (including phenoxy) is 1. The van der Waals surface area contributed by atoms with Crippen molar-refractivity contribution in [3.63, 3.8) is 0 Å². The van der Waals surface area contributed by atoms with Crippen molar-refractivity contribution < 1.29 is 9.53 Å². The smallest absolute Gasteiger partial charge is 0.160 e. The number of benzene rings is 1. The van der Waals surface area contributed by atoms with Crippen molar-refractivity contribution in [2.45, 2.75) is 26.8 Å². The van der Waals surface area contributed by atoms with Crippen LogP contribution in [0.5, 0.6) is 5.75 Å². The summed E-state index contributed by atoms with van der Waals surface area (Å²) in [6.07, 6.45) is -0.0334. The second-order valence-electron chi connectivity index (χ2n) is 4.82. The van der Waals surface area contributed by atoms with Crippen LogP contribution in [0.2, 0.25) is 0 Å². The Kier molecular flexibility index (Phi) is 5.53. The average molecular weight is 260 g/mol. The van der Waals surface area contributed by atoms with Gasteiger partial charge in [-0.15, -0.1) is 0 Å². The number of carbonyl (C=O) groups excluding carboxylic acids is 1. The lowest BCUT2D eigenvalue weighted by Gasteiger charge is -2.19. The molecule has 4 nitrogen and oxygen atoms in total. The Labute approximate surface area is 114 Å². The molecule has 0 radical (unpaired) electrons. The summed E-state index contributed by atoms with van der Waals surface area (Å²) in [6.45, 7) is 4.96. The standard InChI is InChI=1S/C15H20N2O2/c1-11-7-12(2)15(19-4)13(8-11)9-17(3)10-14(18)5-6-16/h7-8H,5,9-10H2,1-4H3. The molecule has 0 unspecified atom stereocenters. The maximum absolute atomic E-state index is 11.4. The number of Topliss-reactive ketones (excluding diaryl/α,β-unsaturated/α-hetero) is 1. The van der Waals surface area contributed by atoms with Gasteiger partial charge in [-0.25, -0.2) is 0 Å². The van der Waals surface area contributed by atoms with Crippen LogP contribution in [0.3, 0.4) is 0 Å². The Morgan fingerprint density at radius 1 is 1.42 bits per heavy atom. The number of methoxy groups -OCH3 is 1. The number of hydrogen-bond donors (Lipinski definition) is 0. The van der Waals surface area contributed by atoms with E-state index in [-0.39, 0.29) is 18.7 Å². The second kappa shape index (κ2) is 6.91. The number of ketones is 1. The fourth-order valence-electron chi connectivity index (χ4n) is 2.24. The third-order valence-corrected chi connectivity index (χ3v) is 2.86. The van der Waals surface area contributed by atoms with Crippen LogP contribution in [0.25, 0.3) is 0 Å². The van der Waals surface area contributed by atoms with E-state index in [9.17, 15) is 4.79 Å². The lowest BCUT2D eigenvalue weighted by molar-refractivity contribution is -0.119. The van der Waals surface area contributed by atoms with Crippen molar-refractivity contribution in [2.75, 3.05) is 20.7 Å². The molecule has 0 spiro atoms. The molecule has 1 aromatic carbocycles. The van der Waals surface area contributed by atoms with Gasteiger partial charge in [0.05, 0.1) is 26.1 Å². The zero-order chi connectivity index (χ0) is 14.4. The number of nitriles is 1. The quantitative estimate of drug-likeness (QED) is 0.787. The molecule has 0 bridgehead atoms. The predicted molar refractivity (Wildman–Crippen MR) is 74.0 cm³/mol. The van der Waals surface area contributed by atoms with Gasteiger partial charge in [0.25, 0.3) is 0 Å². The zero-order valence-electron chi connectivity index (χ0n) is 12.0. The summed E-state index contributed by atoms with van der Waals surface area (Å²) in [6, 6.07) is 6.02. The van der Waals surface area contributed by atoms with E-state index in [4.69, 9.17) is 10.00 Å². The van der Waals surface area contributed by atoms with Crippen LogP contribution >= 0.6 is 0 Å². The van der Waals surface area contributed by atoms with E-state index >= 15 is 0 Å². The first-order chi connectivity index (χ1) is 8.97. The monoisotopic (exact) mass is 260 g/mol.